The maximum absolute atomic E-state index is 13.4. The van der Waals surface area contributed by atoms with Crippen molar-refractivity contribution >= 4 is 10.2 Å². The Hall–Kier alpha value is -1.84. The van der Waals surface area contributed by atoms with E-state index in [1.54, 1.807) is 20.7 Å². The van der Waals surface area contributed by atoms with E-state index < -0.39 is 10.2 Å². The minimum Gasteiger partial charge on any atom is -0.339 e. The van der Waals surface area contributed by atoms with Crippen LogP contribution in [-0.2, 0) is 10.2 Å². The zero-order valence-electron chi connectivity index (χ0n) is 15.9. The second kappa shape index (κ2) is 7.88. The molecular formula is C19H25FN4O3S. The van der Waals surface area contributed by atoms with E-state index in [1.165, 1.54) is 12.1 Å². The fourth-order valence-corrected chi connectivity index (χ4v) is 6.01. The minimum atomic E-state index is -3.50. The lowest BCUT2D eigenvalue weighted by Gasteiger charge is -2.38. The van der Waals surface area contributed by atoms with E-state index in [9.17, 15) is 12.8 Å². The van der Waals surface area contributed by atoms with Gasteiger partial charge in [0.1, 0.15) is 5.82 Å². The van der Waals surface area contributed by atoms with Crippen molar-refractivity contribution in [1.82, 2.24) is 18.8 Å². The molecule has 2 aliphatic rings. The molecule has 0 bridgehead atoms. The minimum absolute atomic E-state index is 0.0297. The molecule has 2 atom stereocenters. The summed E-state index contributed by atoms with van der Waals surface area (Å²) in [5, 5.41) is 3.96. The number of hydrogen-bond donors (Lipinski definition) is 0. The highest BCUT2D eigenvalue weighted by molar-refractivity contribution is 7.86. The van der Waals surface area contributed by atoms with Gasteiger partial charge < -0.3 is 4.52 Å². The summed E-state index contributed by atoms with van der Waals surface area (Å²) in [4.78, 5) is 4.41. The van der Waals surface area contributed by atoms with Gasteiger partial charge in [-0.1, -0.05) is 23.7 Å². The van der Waals surface area contributed by atoms with E-state index in [-0.39, 0.29) is 17.8 Å². The molecule has 2 saturated heterocycles. The van der Waals surface area contributed by atoms with Gasteiger partial charge in [0.15, 0.2) is 0 Å². The SMILES string of the molecule is CC1CCCCN1S(=O)(=O)N1CCCC(c2nc(-c3cccc(F)c3)no2)C1. The number of nitrogens with zero attached hydrogens (tertiary/aromatic N) is 4. The summed E-state index contributed by atoms with van der Waals surface area (Å²) in [6, 6.07) is 6.05. The first-order valence-corrected chi connectivity index (χ1v) is 11.2. The number of halogens is 1. The molecule has 28 heavy (non-hydrogen) atoms. The fourth-order valence-electron chi connectivity index (χ4n) is 4.06. The van der Waals surface area contributed by atoms with Crippen molar-refractivity contribution in [2.75, 3.05) is 19.6 Å². The molecule has 2 aliphatic heterocycles. The lowest BCUT2D eigenvalue weighted by molar-refractivity contribution is 0.218. The summed E-state index contributed by atoms with van der Waals surface area (Å²) in [7, 11) is -3.50. The number of hydrogen-bond acceptors (Lipinski definition) is 5. The van der Waals surface area contributed by atoms with E-state index in [1.807, 2.05) is 6.92 Å². The highest BCUT2D eigenvalue weighted by atomic mass is 32.2. The van der Waals surface area contributed by atoms with Crippen LogP contribution in [0.4, 0.5) is 4.39 Å². The van der Waals surface area contributed by atoms with Crippen molar-refractivity contribution in [3.05, 3.63) is 36.0 Å². The van der Waals surface area contributed by atoms with Crippen LogP contribution in [-0.4, -0.2) is 52.8 Å². The first kappa shape index (κ1) is 19.5. The number of benzene rings is 1. The van der Waals surface area contributed by atoms with Gasteiger partial charge in [-0.05, 0) is 44.7 Å². The molecule has 4 rings (SSSR count). The summed E-state index contributed by atoms with van der Waals surface area (Å²) in [5.41, 5.74) is 0.539. The zero-order chi connectivity index (χ0) is 19.7. The van der Waals surface area contributed by atoms with Gasteiger partial charge in [0.25, 0.3) is 10.2 Å². The van der Waals surface area contributed by atoms with Crippen LogP contribution in [0.15, 0.2) is 28.8 Å². The molecule has 9 heteroatoms. The largest absolute Gasteiger partial charge is 0.339 e. The molecule has 7 nitrogen and oxygen atoms in total. The van der Waals surface area contributed by atoms with Crippen LogP contribution in [0.25, 0.3) is 11.4 Å². The lowest BCUT2D eigenvalue weighted by atomic mass is 10.00. The van der Waals surface area contributed by atoms with Gasteiger partial charge in [0.2, 0.25) is 11.7 Å². The quantitative estimate of drug-likeness (QED) is 0.776. The van der Waals surface area contributed by atoms with Crippen LogP contribution in [0.3, 0.4) is 0 Å². The van der Waals surface area contributed by atoms with Crippen molar-refractivity contribution in [1.29, 1.82) is 0 Å². The van der Waals surface area contributed by atoms with Gasteiger partial charge >= 0.3 is 0 Å². The molecule has 0 aliphatic carbocycles. The van der Waals surface area contributed by atoms with Crippen LogP contribution in [0.2, 0.25) is 0 Å². The normalized spacial score (nSPS) is 25.1. The van der Waals surface area contributed by atoms with E-state index in [0.717, 1.165) is 32.1 Å². The van der Waals surface area contributed by atoms with Crippen molar-refractivity contribution in [3.8, 4) is 11.4 Å². The molecule has 2 fully saturated rings. The Labute approximate surface area is 164 Å². The Morgan fingerprint density at radius 1 is 1.18 bits per heavy atom. The highest BCUT2D eigenvalue weighted by Gasteiger charge is 2.38. The predicted molar refractivity (Wildman–Crippen MR) is 102 cm³/mol. The molecule has 0 radical (unpaired) electrons. The second-order valence-corrected chi connectivity index (χ2v) is 9.51. The first-order valence-electron chi connectivity index (χ1n) is 9.81. The molecule has 2 unspecified atom stereocenters. The monoisotopic (exact) mass is 408 g/mol. The molecule has 0 saturated carbocycles. The van der Waals surface area contributed by atoms with Gasteiger partial charge in [0, 0.05) is 31.2 Å². The molecule has 2 aromatic rings. The van der Waals surface area contributed by atoms with Gasteiger partial charge in [-0.25, -0.2) is 4.39 Å². The van der Waals surface area contributed by atoms with Crippen LogP contribution in [0.5, 0.6) is 0 Å². The standard InChI is InChI=1S/C19H25FN4O3S/c1-14-6-2-3-11-24(14)28(25,26)23-10-5-8-16(13-23)19-21-18(22-27-19)15-7-4-9-17(20)12-15/h4,7,9,12,14,16H,2-3,5-6,8,10-11,13H2,1H3. The number of rotatable bonds is 4. The molecule has 1 aromatic carbocycles. The summed E-state index contributed by atoms with van der Waals surface area (Å²) < 4.78 is 48.3. The number of aromatic nitrogens is 2. The molecule has 152 valence electrons. The Balaban J connectivity index is 1.51. The highest BCUT2D eigenvalue weighted by Crippen LogP contribution is 2.31. The van der Waals surface area contributed by atoms with Crippen LogP contribution >= 0.6 is 0 Å². The zero-order valence-corrected chi connectivity index (χ0v) is 16.7. The molecule has 0 amide bonds. The van der Waals surface area contributed by atoms with Crippen molar-refractivity contribution in [2.24, 2.45) is 0 Å². The predicted octanol–water partition coefficient (Wildman–Crippen LogP) is 3.17. The van der Waals surface area contributed by atoms with Gasteiger partial charge in [-0.15, -0.1) is 0 Å². The number of piperidine rings is 2. The molecule has 0 spiro atoms. The van der Waals surface area contributed by atoms with E-state index in [4.69, 9.17) is 4.52 Å². The second-order valence-electron chi connectivity index (χ2n) is 7.63. The summed E-state index contributed by atoms with van der Waals surface area (Å²) in [6.07, 6.45) is 4.40. The molecular weight excluding hydrogens is 383 g/mol. The molecule has 3 heterocycles. The van der Waals surface area contributed by atoms with Crippen molar-refractivity contribution in [2.45, 2.75) is 51.0 Å². The van der Waals surface area contributed by atoms with Crippen LogP contribution in [0, 0.1) is 5.82 Å². The van der Waals surface area contributed by atoms with Crippen molar-refractivity contribution in [3.63, 3.8) is 0 Å². The topological polar surface area (TPSA) is 79.5 Å². The lowest BCUT2D eigenvalue weighted by Crippen LogP contribution is -2.51. The maximum Gasteiger partial charge on any atom is 0.282 e. The molecule has 0 N–H and O–H groups in total. The van der Waals surface area contributed by atoms with Crippen molar-refractivity contribution < 1.29 is 17.3 Å². The Bertz CT molecular complexity index is 933. The van der Waals surface area contributed by atoms with E-state index in [2.05, 4.69) is 10.1 Å². The Morgan fingerprint density at radius 2 is 2.04 bits per heavy atom. The third-order valence-corrected chi connectivity index (χ3v) is 7.74. The summed E-state index contributed by atoms with van der Waals surface area (Å²) >= 11 is 0. The van der Waals surface area contributed by atoms with Gasteiger partial charge in [0.05, 0.1) is 5.92 Å². The van der Waals surface area contributed by atoms with Crippen LogP contribution < -0.4 is 0 Å². The van der Waals surface area contributed by atoms with Gasteiger partial charge in [-0.2, -0.15) is 22.0 Å². The Morgan fingerprint density at radius 3 is 2.82 bits per heavy atom. The average Bonchev–Trinajstić information content (AvgIpc) is 3.19. The Kier molecular flexibility index (Phi) is 5.48. The third kappa shape index (κ3) is 3.83. The molecule has 1 aromatic heterocycles. The fraction of sp³-hybridized carbons (Fsp3) is 0.579. The third-order valence-electron chi connectivity index (χ3n) is 5.62. The summed E-state index contributed by atoms with van der Waals surface area (Å²) in [6.45, 7) is 3.39. The van der Waals surface area contributed by atoms with E-state index in [0.29, 0.717) is 36.9 Å². The smallest absolute Gasteiger partial charge is 0.282 e. The average molecular weight is 408 g/mol. The van der Waals surface area contributed by atoms with Gasteiger partial charge in [-0.3, -0.25) is 0 Å². The van der Waals surface area contributed by atoms with Crippen LogP contribution in [0.1, 0.15) is 50.8 Å². The first-order chi connectivity index (χ1) is 13.4. The van der Waals surface area contributed by atoms with E-state index >= 15 is 0 Å². The maximum atomic E-state index is 13.4. The summed E-state index contributed by atoms with van der Waals surface area (Å²) in [5.74, 6) is 0.206.